The molecule has 100 valence electrons. The van der Waals surface area contributed by atoms with Gasteiger partial charge in [0.1, 0.15) is 17.3 Å². The number of para-hydroxylation sites is 1. The number of benzene rings is 1. The molecule has 0 unspecified atom stereocenters. The second kappa shape index (κ2) is 6.53. The van der Waals surface area contributed by atoms with E-state index in [4.69, 9.17) is 11.6 Å². The molecule has 19 heavy (non-hydrogen) atoms. The van der Waals surface area contributed by atoms with E-state index in [1.807, 2.05) is 13.0 Å². The van der Waals surface area contributed by atoms with Gasteiger partial charge in [0, 0.05) is 11.3 Å². The molecule has 2 aromatic rings. The summed E-state index contributed by atoms with van der Waals surface area (Å²) in [5.74, 6) is 0.797. The molecular weight excluding hydrogens is 258 g/mol. The molecule has 1 heterocycles. The number of aryl methyl sites for hydroxylation is 1. The van der Waals surface area contributed by atoms with E-state index in [1.54, 1.807) is 0 Å². The number of rotatable bonds is 5. The zero-order valence-electron chi connectivity index (χ0n) is 11.3. The minimum atomic E-state index is 0.521. The maximum absolute atomic E-state index is 6.11. The van der Waals surface area contributed by atoms with Crippen LogP contribution in [0.4, 0.5) is 11.5 Å². The third-order valence-electron chi connectivity index (χ3n) is 3.04. The van der Waals surface area contributed by atoms with Crippen LogP contribution in [0, 0.1) is 0 Å². The summed E-state index contributed by atoms with van der Waals surface area (Å²) in [5.41, 5.74) is 3.34. The van der Waals surface area contributed by atoms with E-state index in [0.29, 0.717) is 5.15 Å². The molecule has 0 aliphatic heterocycles. The molecule has 0 radical (unpaired) electrons. The Hall–Kier alpha value is -1.61. The fourth-order valence-corrected chi connectivity index (χ4v) is 2.34. The molecule has 0 saturated carbocycles. The minimum absolute atomic E-state index is 0.521. The Morgan fingerprint density at radius 3 is 2.68 bits per heavy atom. The van der Waals surface area contributed by atoms with Crippen molar-refractivity contribution in [2.45, 2.75) is 33.1 Å². The van der Waals surface area contributed by atoms with Gasteiger partial charge in [-0.1, -0.05) is 50.1 Å². The Labute approximate surface area is 119 Å². The molecule has 1 N–H and O–H groups in total. The normalized spacial score (nSPS) is 10.5. The summed E-state index contributed by atoms with van der Waals surface area (Å²) in [6, 6.07) is 8.29. The Morgan fingerprint density at radius 1 is 1.16 bits per heavy atom. The van der Waals surface area contributed by atoms with Gasteiger partial charge < -0.3 is 5.32 Å². The summed E-state index contributed by atoms with van der Waals surface area (Å²) in [6.45, 7) is 4.23. The van der Waals surface area contributed by atoms with Crippen LogP contribution in [-0.2, 0) is 12.8 Å². The van der Waals surface area contributed by atoms with Crippen molar-refractivity contribution in [3.05, 3.63) is 46.9 Å². The quantitative estimate of drug-likeness (QED) is 0.823. The molecular formula is C15H18ClN3. The first-order chi connectivity index (χ1) is 9.26. The van der Waals surface area contributed by atoms with E-state index in [0.717, 1.165) is 36.3 Å². The number of aromatic nitrogens is 2. The first-order valence-corrected chi connectivity index (χ1v) is 6.98. The number of nitrogens with one attached hydrogen (secondary N) is 1. The van der Waals surface area contributed by atoms with Crippen LogP contribution in [0.25, 0.3) is 0 Å². The predicted molar refractivity (Wildman–Crippen MR) is 80.1 cm³/mol. The molecule has 0 atom stereocenters. The topological polar surface area (TPSA) is 37.8 Å². The Bertz CT molecular complexity index is 555. The molecule has 0 amide bonds. The molecule has 0 aliphatic carbocycles. The largest absolute Gasteiger partial charge is 0.340 e. The Morgan fingerprint density at radius 2 is 1.95 bits per heavy atom. The smallest absolute Gasteiger partial charge is 0.138 e. The molecule has 0 aliphatic rings. The number of hydrogen-bond acceptors (Lipinski definition) is 3. The van der Waals surface area contributed by atoms with E-state index in [1.165, 1.54) is 11.9 Å². The predicted octanol–water partition coefficient (Wildman–Crippen LogP) is 4.39. The second-order valence-corrected chi connectivity index (χ2v) is 4.74. The molecule has 0 spiro atoms. The van der Waals surface area contributed by atoms with E-state index in [9.17, 15) is 0 Å². The maximum atomic E-state index is 6.11. The van der Waals surface area contributed by atoms with E-state index >= 15 is 0 Å². The van der Waals surface area contributed by atoms with Crippen LogP contribution in [0.5, 0.6) is 0 Å². The molecule has 0 fully saturated rings. The number of anilines is 2. The lowest BCUT2D eigenvalue weighted by Gasteiger charge is -2.13. The highest BCUT2D eigenvalue weighted by Gasteiger charge is 2.09. The van der Waals surface area contributed by atoms with Gasteiger partial charge in [0.05, 0.1) is 0 Å². The standard InChI is InChI=1S/C15H18ClN3/c1-3-7-11-8-5-6-9-13(11)19-15-12(4-2)14(16)17-10-18-15/h5-6,8-10H,3-4,7H2,1-2H3,(H,17,18,19). The molecule has 1 aromatic carbocycles. The maximum Gasteiger partial charge on any atom is 0.138 e. The second-order valence-electron chi connectivity index (χ2n) is 4.38. The lowest BCUT2D eigenvalue weighted by Crippen LogP contribution is -2.02. The van der Waals surface area contributed by atoms with Gasteiger partial charge in [-0.2, -0.15) is 0 Å². The summed E-state index contributed by atoms with van der Waals surface area (Å²) in [4.78, 5) is 8.33. The summed E-state index contributed by atoms with van der Waals surface area (Å²) in [6.07, 6.45) is 4.46. The summed E-state index contributed by atoms with van der Waals surface area (Å²) in [7, 11) is 0. The highest BCUT2D eigenvalue weighted by atomic mass is 35.5. The highest BCUT2D eigenvalue weighted by Crippen LogP contribution is 2.26. The van der Waals surface area contributed by atoms with Crippen molar-refractivity contribution < 1.29 is 0 Å². The average molecular weight is 276 g/mol. The number of halogens is 1. The van der Waals surface area contributed by atoms with E-state index in [-0.39, 0.29) is 0 Å². The van der Waals surface area contributed by atoms with Gasteiger partial charge in [0.2, 0.25) is 0 Å². The zero-order valence-corrected chi connectivity index (χ0v) is 12.0. The average Bonchev–Trinajstić information content (AvgIpc) is 2.41. The fraction of sp³-hybridized carbons (Fsp3) is 0.333. The van der Waals surface area contributed by atoms with Crippen molar-refractivity contribution >= 4 is 23.1 Å². The third-order valence-corrected chi connectivity index (χ3v) is 3.36. The first-order valence-electron chi connectivity index (χ1n) is 6.60. The van der Waals surface area contributed by atoms with Crippen molar-refractivity contribution in [2.75, 3.05) is 5.32 Å². The van der Waals surface area contributed by atoms with Gasteiger partial charge in [-0.3, -0.25) is 0 Å². The summed E-state index contributed by atoms with van der Waals surface area (Å²) < 4.78 is 0. The molecule has 0 bridgehead atoms. The SMILES string of the molecule is CCCc1ccccc1Nc1ncnc(Cl)c1CC. The molecule has 2 rings (SSSR count). The van der Waals surface area contributed by atoms with Crippen molar-refractivity contribution in [3.8, 4) is 0 Å². The van der Waals surface area contributed by atoms with Crippen LogP contribution in [0.2, 0.25) is 5.15 Å². The minimum Gasteiger partial charge on any atom is -0.340 e. The monoisotopic (exact) mass is 275 g/mol. The lowest BCUT2D eigenvalue weighted by atomic mass is 10.1. The summed E-state index contributed by atoms with van der Waals surface area (Å²) in [5, 5.41) is 3.90. The van der Waals surface area contributed by atoms with Gasteiger partial charge in [-0.15, -0.1) is 0 Å². The van der Waals surface area contributed by atoms with E-state index in [2.05, 4.69) is 40.4 Å². The summed E-state index contributed by atoms with van der Waals surface area (Å²) >= 11 is 6.11. The Kier molecular flexibility index (Phi) is 4.74. The van der Waals surface area contributed by atoms with Crippen molar-refractivity contribution in [1.82, 2.24) is 9.97 Å². The van der Waals surface area contributed by atoms with Gasteiger partial charge in [-0.25, -0.2) is 9.97 Å². The van der Waals surface area contributed by atoms with Gasteiger partial charge in [0.25, 0.3) is 0 Å². The molecule has 4 heteroatoms. The van der Waals surface area contributed by atoms with Gasteiger partial charge >= 0.3 is 0 Å². The van der Waals surface area contributed by atoms with Crippen molar-refractivity contribution in [2.24, 2.45) is 0 Å². The van der Waals surface area contributed by atoms with Crippen LogP contribution in [0.3, 0.4) is 0 Å². The zero-order chi connectivity index (χ0) is 13.7. The molecule has 1 aromatic heterocycles. The Balaban J connectivity index is 2.33. The van der Waals surface area contributed by atoms with Crippen LogP contribution in [0.15, 0.2) is 30.6 Å². The van der Waals surface area contributed by atoms with Crippen LogP contribution < -0.4 is 5.32 Å². The number of nitrogens with zero attached hydrogens (tertiary/aromatic N) is 2. The number of hydrogen-bond donors (Lipinski definition) is 1. The van der Waals surface area contributed by atoms with Gasteiger partial charge in [0.15, 0.2) is 0 Å². The molecule has 3 nitrogen and oxygen atoms in total. The van der Waals surface area contributed by atoms with Crippen molar-refractivity contribution in [1.29, 1.82) is 0 Å². The highest BCUT2D eigenvalue weighted by molar-refractivity contribution is 6.30. The van der Waals surface area contributed by atoms with Crippen LogP contribution in [0.1, 0.15) is 31.4 Å². The van der Waals surface area contributed by atoms with Crippen LogP contribution >= 0.6 is 11.6 Å². The van der Waals surface area contributed by atoms with Crippen LogP contribution in [-0.4, -0.2) is 9.97 Å². The first kappa shape index (κ1) is 13.8. The third kappa shape index (κ3) is 3.24. The lowest BCUT2D eigenvalue weighted by molar-refractivity contribution is 0.922. The van der Waals surface area contributed by atoms with E-state index < -0.39 is 0 Å². The molecule has 0 saturated heterocycles. The van der Waals surface area contributed by atoms with Gasteiger partial charge in [-0.05, 0) is 24.5 Å². The fourth-order valence-electron chi connectivity index (χ4n) is 2.07. The van der Waals surface area contributed by atoms with Crippen molar-refractivity contribution in [3.63, 3.8) is 0 Å².